The van der Waals surface area contributed by atoms with Crippen LogP contribution >= 0.6 is 0 Å². The molecule has 0 radical (unpaired) electrons. The van der Waals surface area contributed by atoms with Crippen molar-refractivity contribution < 1.29 is 9.59 Å². The molecule has 1 aliphatic carbocycles. The number of nitrogens with zero attached hydrogens (tertiary/aromatic N) is 1. The Hall–Kier alpha value is -1.84. The van der Waals surface area contributed by atoms with Crippen molar-refractivity contribution in [1.82, 2.24) is 10.2 Å². The smallest absolute Gasteiger partial charge is 0.253 e. The van der Waals surface area contributed by atoms with Gasteiger partial charge in [0.2, 0.25) is 0 Å². The van der Waals surface area contributed by atoms with Gasteiger partial charge in [0.25, 0.3) is 11.8 Å². The molecule has 0 unspecified atom stereocenters. The zero-order valence-corrected chi connectivity index (χ0v) is 13.0. The maximum Gasteiger partial charge on any atom is 0.253 e. The predicted octanol–water partition coefficient (Wildman–Crippen LogP) is 2.99. The average molecular weight is 300 g/mol. The highest BCUT2D eigenvalue weighted by atomic mass is 16.2. The van der Waals surface area contributed by atoms with Crippen LogP contribution in [0.1, 0.15) is 65.7 Å². The van der Waals surface area contributed by atoms with Gasteiger partial charge in [-0.05, 0) is 50.3 Å². The van der Waals surface area contributed by atoms with E-state index in [-0.39, 0.29) is 11.8 Å². The fourth-order valence-corrected chi connectivity index (χ4v) is 3.41. The van der Waals surface area contributed by atoms with E-state index in [2.05, 4.69) is 5.32 Å². The van der Waals surface area contributed by atoms with Crippen molar-refractivity contribution in [2.75, 3.05) is 13.1 Å². The zero-order valence-electron chi connectivity index (χ0n) is 13.0. The number of carbonyl (C=O) groups excluding carboxylic acids is 2. The van der Waals surface area contributed by atoms with E-state index in [0.29, 0.717) is 17.2 Å². The molecule has 4 nitrogen and oxygen atoms in total. The molecule has 0 bridgehead atoms. The SMILES string of the molecule is O=C(NC1CCCC1)c1cccc(C(=O)N2CCCCC2)c1. The lowest BCUT2D eigenvalue weighted by atomic mass is 10.1. The van der Waals surface area contributed by atoms with E-state index in [1.165, 1.54) is 19.3 Å². The van der Waals surface area contributed by atoms with Crippen LogP contribution in [-0.2, 0) is 0 Å². The molecular weight excluding hydrogens is 276 g/mol. The third-order valence-corrected chi connectivity index (χ3v) is 4.71. The minimum Gasteiger partial charge on any atom is -0.349 e. The molecule has 0 spiro atoms. The summed E-state index contributed by atoms with van der Waals surface area (Å²) in [5.41, 5.74) is 1.22. The highest BCUT2D eigenvalue weighted by Gasteiger charge is 2.21. The molecule has 0 aromatic heterocycles. The van der Waals surface area contributed by atoms with Crippen LogP contribution in [-0.4, -0.2) is 35.8 Å². The summed E-state index contributed by atoms with van der Waals surface area (Å²) in [5, 5.41) is 3.08. The van der Waals surface area contributed by atoms with Gasteiger partial charge < -0.3 is 10.2 Å². The molecule has 2 fully saturated rings. The van der Waals surface area contributed by atoms with E-state index < -0.39 is 0 Å². The van der Waals surface area contributed by atoms with Crippen LogP contribution in [0, 0.1) is 0 Å². The van der Waals surface area contributed by atoms with Crippen molar-refractivity contribution in [3.8, 4) is 0 Å². The monoisotopic (exact) mass is 300 g/mol. The molecule has 1 saturated carbocycles. The average Bonchev–Trinajstić information content (AvgIpc) is 3.08. The van der Waals surface area contributed by atoms with Crippen molar-refractivity contribution in [2.45, 2.75) is 51.0 Å². The predicted molar refractivity (Wildman–Crippen MR) is 85.9 cm³/mol. The molecule has 2 aliphatic rings. The van der Waals surface area contributed by atoms with Gasteiger partial charge in [-0.3, -0.25) is 9.59 Å². The number of carbonyl (C=O) groups is 2. The molecule has 1 aromatic rings. The summed E-state index contributed by atoms with van der Waals surface area (Å²) >= 11 is 0. The second kappa shape index (κ2) is 6.95. The highest BCUT2D eigenvalue weighted by Crippen LogP contribution is 2.19. The second-order valence-corrected chi connectivity index (χ2v) is 6.39. The molecule has 1 aromatic carbocycles. The van der Waals surface area contributed by atoms with Crippen molar-refractivity contribution in [2.24, 2.45) is 0 Å². The third kappa shape index (κ3) is 3.49. The van der Waals surface area contributed by atoms with E-state index in [1.807, 2.05) is 11.0 Å². The maximum absolute atomic E-state index is 12.5. The Balaban J connectivity index is 1.68. The lowest BCUT2D eigenvalue weighted by Gasteiger charge is -2.26. The molecule has 1 aliphatic heterocycles. The highest BCUT2D eigenvalue weighted by molar-refractivity contribution is 5.99. The first-order chi connectivity index (χ1) is 10.7. The Morgan fingerprint density at radius 1 is 0.955 bits per heavy atom. The summed E-state index contributed by atoms with van der Waals surface area (Å²) < 4.78 is 0. The summed E-state index contributed by atoms with van der Waals surface area (Å²) in [5.74, 6) is -0.00425. The zero-order chi connectivity index (χ0) is 15.4. The van der Waals surface area contributed by atoms with Crippen LogP contribution in [0.4, 0.5) is 0 Å². The standard InChI is InChI=1S/C18H24N2O2/c21-17(19-16-9-2-3-10-16)14-7-6-8-15(13-14)18(22)20-11-4-1-5-12-20/h6-8,13,16H,1-5,9-12H2,(H,19,21). The van der Waals surface area contributed by atoms with Crippen LogP contribution in [0.3, 0.4) is 0 Å². The summed E-state index contributed by atoms with van der Waals surface area (Å²) in [6.45, 7) is 1.66. The normalized spacial score (nSPS) is 19.2. The topological polar surface area (TPSA) is 49.4 Å². The molecule has 118 valence electrons. The van der Waals surface area contributed by atoms with Gasteiger partial charge in [0.15, 0.2) is 0 Å². The summed E-state index contributed by atoms with van der Waals surface area (Å²) in [6.07, 6.45) is 7.88. The van der Waals surface area contributed by atoms with Gasteiger partial charge in [0.05, 0.1) is 0 Å². The van der Waals surface area contributed by atoms with Gasteiger partial charge in [0, 0.05) is 30.3 Å². The molecule has 1 heterocycles. The van der Waals surface area contributed by atoms with E-state index in [0.717, 1.165) is 38.8 Å². The van der Waals surface area contributed by atoms with Crippen molar-refractivity contribution in [3.63, 3.8) is 0 Å². The van der Waals surface area contributed by atoms with Gasteiger partial charge in [-0.25, -0.2) is 0 Å². The number of likely N-dealkylation sites (tertiary alicyclic amines) is 1. The first-order valence-corrected chi connectivity index (χ1v) is 8.44. The van der Waals surface area contributed by atoms with Crippen LogP contribution in [0.2, 0.25) is 0 Å². The molecule has 3 rings (SSSR count). The van der Waals surface area contributed by atoms with Crippen LogP contribution in [0.5, 0.6) is 0 Å². The number of rotatable bonds is 3. The fourth-order valence-electron chi connectivity index (χ4n) is 3.41. The second-order valence-electron chi connectivity index (χ2n) is 6.39. The Labute approximate surface area is 131 Å². The van der Waals surface area contributed by atoms with E-state index >= 15 is 0 Å². The molecule has 0 atom stereocenters. The third-order valence-electron chi connectivity index (χ3n) is 4.71. The molecule has 1 saturated heterocycles. The minimum atomic E-state index is -0.0554. The van der Waals surface area contributed by atoms with Gasteiger partial charge >= 0.3 is 0 Å². The van der Waals surface area contributed by atoms with Crippen molar-refractivity contribution in [1.29, 1.82) is 0 Å². The van der Waals surface area contributed by atoms with Gasteiger partial charge in [-0.1, -0.05) is 18.9 Å². The van der Waals surface area contributed by atoms with Crippen molar-refractivity contribution >= 4 is 11.8 Å². The van der Waals surface area contributed by atoms with E-state index in [9.17, 15) is 9.59 Å². The van der Waals surface area contributed by atoms with Gasteiger partial charge in [-0.15, -0.1) is 0 Å². The van der Waals surface area contributed by atoms with Gasteiger partial charge in [-0.2, -0.15) is 0 Å². The lowest BCUT2D eigenvalue weighted by Crippen LogP contribution is -2.36. The number of nitrogens with one attached hydrogen (secondary N) is 1. The first-order valence-electron chi connectivity index (χ1n) is 8.44. The molecule has 1 N–H and O–H groups in total. The summed E-state index contributed by atoms with van der Waals surface area (Å²) in [6, 6.07) is 7.44. The first kappa shape index (κ1) is 15.1. The Bertz CT molecular complexity index is 544. The summed E-state index contributed by atoms with van der Waals surface area (Å²) in [4.78, 5) is 26.7. The molecule has 4 heteroatoms. The van der Waals surface area contributed by atoms with Crippen LogP contribution in [0.15, 0.2) is 24.3 Å². The summed E-state index contributed by atoms with van der Waals surface area (Å²) in [7, 11) is 0. The lowest BCUT2D eigenvalue weighted by molar-refractivity contribution is 0.0724. The Kier molecular flexibility index (Phi) is 4.76. The Morgan fingerprint density at radius 2 is 1.64 bits per heavy atom. The quantitative estimate of drug-likeness (QED) is 0.933. The number of amides is 2. The fraction of sp³-hybridized carbons (Fsp3) is 0.556. The number of benzene rings is 1. The van der Waals surface area contributed by atoms with Crippen LogP contribution < -0.4 is 5.32 Å². The maximum atomic E-state index is 12.5. The van der Waals surface area contributed by atoms with Crippen molar-refractivity contribution in [3.05, 3.63) is 35.4 Å². The molecule has 2 amide bonds. The molecular formula is C18H24N2O2. The number of hydrogen-bond acceptors (Lipinski definition) is 2. The van der Waals surface area contributed by atoms with E-state index in [4.69, 9.17) is 0 Å². The molecule has 22 heavy (non-hydrogen) atoms. The number of piperidine rings is 1. The number of hydrogen-bond donors (Lipinski definition) is 1. The Morgan fingerprint density at radius 3 is 2.36 bits per heavy atom. The van der Waals surface area contributed by atoms with E-state index in [1.54, 1.807) is 18.2 Å². The van der Waals surface area contributed by atoms with Gasteiger partial charge in [0.1, 0.15) is 0 Å². The minimum absolute atomic E-state index is 0.0511. The largest absolute Gasteiger partial charge is 0.349 e. The van der Waals surface area contributed by atoms with Crippen LogP contribution in [0.25, 0.3) is 0 Å².